The van der Waals surface area contributed by atoms with Crippen LogP contribution in [0, 0.1) is 0 Å². The Kier molecular flexibility index (Phi) is 5.60. The molecule has 2 unspecified atom stereocenters. The zero-order valence-electron chi connectivity index (χ0n) is 17.3. The lowest BCUT2D eigenvalue weighted by Gasteiger charge is -2.15. The standard InChI is InChI=1S/C24H26N6O/c31-24(22-16-21(27-28-22)17-6-2-1-3-7-17)25-19-10-8-18(9-11-19)20-12-13-23(29-26-20)30-14-4-5-15-30/h1-3,6-13,21-22,27-28H,4-5,14-16H2,(H,25,31). The van der Waals surface area contributed by atoms with Crippen LogP contribution in [0.15, 0.2) is 66.7 Å². The molecule has 158 valence electrons. The summed E-state index contributed by atoms with van der Waals surface area (Å²) in [5.74, 6) is 0.894. The minimum Gasteiger partial charge on any atom is -0.355 e. The van der Waals surface area contributed by atoms with Crippen LogP contribution in [0.5, 0.6) is 0 Å². The number of nitrogens with one attached hydrogen (secondary N) is 3. The predicted octanol–water partition coefficient (Wildman–Crippen LogP) is 3.29. The molecule has 0 aliphatic carbocycles. The monoisotopic (exact) mass is 414 g/mol. The zero-order chi connectivity index (χ0) is 21.0. The maximum absolute atomic E-state index is 12.7. The van der Waals surface area contributed by atoms with E-state index in [9.17, 15) is 4.79 Å². The van der Waals surface area contributed by atoms with Crippen LogP contribution in [0.2, 0.25) is 0 Å². The van der Waals surface area contributed by atoms with Gasteiger partial charge in [0.15, 0.2) is 5.82 Å². The van der Waals surface area contributed by atoms with Crippen LogP contribution < -0.4 is 21.1 Å². The summed E-state index contributed by atoms with van der Waals surface area (Å²) in [6, 6.07) is 21.8. The first-order valence-corrected chi connectivity index (χ1v) is 10.8. The average Bonchev–Trinajstić information content (AvgIpc) is 3.53. The van der Waals surface area contributed by atoms with E-state index in [0.717, 1.165) is 35.9 Å². The van der Waals surface area contributed by atoms with Gasteiger partial charge in [0.1, 0.15) is 6.04 Å². The molecule has 3 heterocycles. The van der Waals surface area contributed by atoms with E-state index in [1.807, 2.05) is 54.6 Å². The number of nitrogens with zero attached hydrogens (tertiary/aromatic N) is 3. The molecule has 1 amide bonds. The van der Waals surface area contributed by atoms with Crippen molar-refractivity contribution in [3.8, 4) is 11.3 Å². The van der Waals surface area contributed by atoms with E-state index in [-0.39, 0.29) is 18.0 Å². The first-order valence-electron chi connectivity index (χ1n) is 10.8. The molecule has 2 atom stereocenters. The summed E-state index contributed by atoms with van der Waals surface area (Å²) in [7, 11) is 0. The number of hydrogen-bond donors (Lipinski definition) is 3. The number of benzene rings is 2. The smallest absolute Gasteiger partial charge is 0.242 e. The molecule has 2 aromatic carbocycles. The summed E-state index contributed by atoms with van der Waals surface area (Å²) in [6.07, 6.45) is 3.14. The van der Waals surface area contributed by atoms with Gasteiger partial charge in [0.2, 0.25) is 5.91 Å². The Balaban J connectivity index is 1.19. The number of hydrazine groups is 1. The van der Waals surface area contributed by atoms with Gasteiger partial charge in [-0.1, -0.05) is 42.5 Å². The van der Waals surface area contributed by atoms with Crippen molar-refractivity contribution in [2.24, 2.45) is 0 Å². The van der Waals surface area contributed by atoms with E-state index in [1.165, 1.54) is 18.4 Å². The SMILES string of the molecule is O=C(Nc1ccc(-c2ccc(N3CCCC3)nn2)cc1)C1CC(c2ccccc2)NN1. The van der Waals surface area contributed by atoms with Crippen LogP contribution in [0.25, 0.3) is 11.3 Å². The van der Waals surface area contributed by atoms with Crippen molar-refractivity contribution in [2.75, 3.05) is 23.3 Å². The number of amides is 1. The fourth-order valence-corrected chi connectivity index (χ4v) is 4.18. The molecule has 2 saturated heterocycles. The highest BCUT2D eigenvalue weighted by atomic mass is 16.2. The third-order valence-electron chi connectivity index (χ3n) is 5.95. The second kappa shape index (κ2) is 8.83. The van der Waals surface area contributed by atoms with Crippen molar-refractivity contribution >= 4 is 17.4 Å². The van der Waals surface area contributed by atoms with Crippen molar-refractivity contribution < 1.29 is 4.79 Å². The van der Waals surface area contributed by atoms with E-state index in [0.29, 0.717) is 6.42 Å². The highest BCUT2D eigenvalue weighted by molar-refractivity contribution is 5.95. The molecule has 2 fully saturated rings. The molecule has 3 aromatic rings. The summed E-state index contributed by atoms with van der Waals surface area (Å²) in [5, 5.41) is 11.8. The van der Waals surface area contributed by atoms with Crippen LogP contribution in [-0.4, -0.2) is 35.2 Å². The van der Waals surface area contributed by atoms with Gasteiger partial charge in [-0.2, -0.15) is 0 Å². The van der Waals surface area contributed by atoms with Crippen LogP contribution in [-0.2, 0) is 4.79 Å². The maximum atomic E-state index is 12.7. The minimum absolute atomic E-state index is 0.0477. The number of carbonyl (C=O) groups is 1. The maximum Gasteiger partial charge on any atom is 0.242 e. The van der Waals surface area contributed by atoms with Gasteiger partial charge in [0.05, 0.1) is 5.69 Å². The fourth-order valence-electron chi connectivity index (χ4n) is 4.18. The molecule has 0 spiro atoms. The van der Waals surface area contributed by atoms with E-state index < -0.39 is 0 Å². The van der Waals surface area contributed by atoms with Gasteiger partial charge in [-0.15, -0.1) is 10.2 Å². The first kappa shape index (κ1) is 19.7. The molecular formula is C24H26N6O. The largest absolute Gasteiger partial charge is 0.355 e. The number of hydrogen-bond acceptors (Lipinski definition) is 6. The number of anilines is 2. The molecule has 0 bridgehead atoms. The van der Waals surface area contributed by atoms with Gasteiger partial charge >= 0.3 is 0 Å². The van der Waals surface area contributed by atoms with Gasteiger partial charge < -0.3 is 10.2 Å². The van der Waals surface area contributed by atoms with E-state index in [2.05, 4.69) is 43.4 Å². The summed E-state index contributed by atoms with van der Waals surface area (Å²) in [5.41, 5.74) is 10.1. The van der Waals surface area contributed by atoms with Crippen LogP contribution in [0.4, 0.5) is 11.5 Å². The topological polar surface area (TPSA) is 82.2 Å². The van der Waals surface area contributed by atoms with E-state index in [4.69, 9.17) is 0 Å². The fraction of sp³-hybridized carbons (Fsp3) is 0.292. The van der Waals surface area contributed by atoms with Crippen molar-refractivity contribution in [3.63, 3.8) is 0 Å². The van der Waals surface area contributed by atoms with Gasteiger partial charge in [0.25, 0.3) is 0 Å². The van der Waals surface area contributed by atoms with E-state index >= 15 is 0 Å². The normalized spacial score (nSPS) is 20.7. The Morgan fingerprint density at radius 2 is 1.68 bits per heavy atom. The van der Waals surface area contributed by atoms with Crippen molar-refractivity contribution in [3.05, 3.63) is 72.3 Å². The summed E-state index contributed by atoms with van der Waals surface area (Å²) < 4.78 is 0. The average molecular weight is 415 g/mol. The molecule has 0 radical (unpaired) electrons. The number of rotatable bonds is 5. The third kappa shape index (κ3) is 4.42. The molecule has 2 aliphatic heterocycles. The van der Waals surface area contributed by atoms with Gasteiger partial charge in [0, 0.05) is 30.4 Å². The van der Waals surface area contributed by atoms with Crippen LogP contribution in [0.1, 0.15) is 30.9 Å². The predicted molar refractivity (Wildman–Crippen MR) is 121 cm³/mol. The lowest BCUT2D eigenvalue weighted by Crippen LogP contribution is -2.39. The van der Waals surface area contributed by atoms with Crippen LogP contribution >= 0.6 is 0 Å². The molecule has 3 N–H and O–H groups in total. The first-order chi connectivity index (χ1) is 15.3. The zero-order valence-corrected chi connectivity index (χ0v) is 17.3. The summed E-state index contributed by atoms with van der Waals surface area (Å²) in [6.45, 7) is 2.11. The lowest BCUT2D eigenvalue weighted by atomic mass is 10.0. The molecule has 5 rings (SSSR count). The van der Waals surface area contributed by atoms with Gasteiger partial charge in [-0.05, 0) is 49.1 Å². The quantitative estimate of drug-likeness (QED) is 0.594. The summed E-state index contributed by atoms with van der Waals surface area (Å²) in [4.78, 5) is 14.9. The van der Waals surface area contributed by atoms with Crippen molar-refractivity contribution in [1.29, 1.82) is 0 Å². The number of aromatic nitrogens is 2. The molecule has 31 heavy (non-hydrogen) atoms. The highest BCUT2D eigenvalue weighted by Crippen LogP contribution is 2.24. The molecule has 1 aromatic heterocycles. The summed E-state index contributed by atoms with van der Waals surface area (Å²) >= 11 is 0. The second-order valence-electron chi connectivity index (χ2n) is 8.08. The Morgan fingerprint density at radius 1 is 0.903 bits per heavy atom. The third-order valence-corrected chi connectivity index (χ3v) is 5.95. The molecule has 7 heteroatoms. The van der Waals surface area contributed by atoms with Crippen LogP contribution in [0.3, 0.4) is 0 Å². The van der Waals surface area contributed by atoms with Gasteiger partial charge in [-0.25, -0.2) is 10.9 Å². The Hall–Kier alpha value is -3.29. The molecular weight excluding hydrogens is 388 g/mol. The van der Waals surface area contributed by atoms with Crippen molar-refractivity contribution in [2.45, 2.75) is 31.3 Å². The molecule has 7 nitrogen and oxygen atoms in total. The van der Waals surface area contributed by atoms with Crippen molar-refractivity contribution in [1.82, 2.24) is 21.0 Å². The molecule has 0 saturated carbocycles. The Labute approximate surface area is 181 Å². The Morgan fingerprint density at radius 3 is 2.39 bits per heavy atom. The highest BCUT2D eigenvalue weighted by Gasteiger charge is 2.30. The Bertz CT molecular complexity index is 1020. The second-order valence-corrected chi connectivity index (χ2v) is 8.08. The lowest BCUT2D eigenvalue weighted by molar-refractivity contribution is -0.117. The van der Waals surface area contributed by atoms with Gasteiger partial charge in [-0.3, -0.25) is 4.79 Å². The van der Waals surface area contributed by atoms with E-state index in [1.54, 1.807) is 0 Å². The molecule has 2 aliphatic rings. The number of carbonyl (C=O) groups excluding carboxylic acids is 1. The minimum atomic E-state index is -0.283.